The molecule has 1 atom stereocenters. The van der Waals surface area contributed by atoms with Crippen LogP contribution in [0.15, 0.2) is 42.6 Å². The van der Waals surface area contributed by atoms with Crippen LogP contribution in [0.5, 0.6) is 5.88 Å². The zero-order valence-corrected chi connectivity index (χ0v) is 15.6. The predicted octanol–water partition coefficient (Wildman–Crippen LogP) is 3.67. The lowest BCUT2D eigenvalue weighted by Crippen LogP contribution is -2.33. The van der Waals surface area contributed by atoms with Gasteiger partial charge < -0.3 is 9.84 Å². The van der Waals surface area contributed by atoms with E-state index in [0.717, 1.165) is 16.0 Å². The van der Waals surface area contributed by atoms with Gasteiger partial charge in [-0.1, -0.05) is 41.9 Å². The summed E-state index contributed by atoms with van der Waals surface area (Å²) in [6.45, 7) is 1.87. The van der Waals surface area contributed by atoms with Crippen molar-refractivity contribution in [2.24, 2.45) is 7.05 Å². The molecule has 1 aromatic carbocycles. The molecular formula is C18H19ClN4O4. The molecule has 0 aliphatic rings. The van der Waals surface area contributed by atoms with Crippen molar-refractivity contribution in [3.63, 3.8) is 0 Å². The minimum Gasteiger partial charge on any atom is -0.474 e. The quantitative estimate of drug-likeness (QED) is 0.376. The van der Waals surface area contributed by atoms with E-state index in [4.69, 9.17) is 21.2 Å². The minimum atomic E-state index is -1.18. The van der Waals surface area contributed by atoms with Crippen molar-refractivity contribution in [2.45, 2.75) is 13.0 Å². The first-order chi connectivity index (χ1) is 13.0. The number of fused-ring (bicyclic) bond motifs is 1. The maximum atomic E-state index is 11.5. The van der Waals surface area contributed by atoms with Crippen LogP contribution >= 0.6 is 11.6 Å². The topological polar surface area (TPSA) is 89.7 Å². The highest BCUT2D eigenvalue weighted by atomic mass is 35.5. The van der Waals surface area contributed by atoms with Gasteiger partial charge in [-0.3, -0.25) is 9.52 Å². The smallest absolute Gasteiger partial charge is 0.432 e. The lowest BCUT2D eigenvalue weighted by atomic mass is 10.1. The van der Waals surface area contributed by atoms with Crippen LogP contribution in [0.2, 0.25) is 5.15 Å². The Labute approximate surface area is 160 Å². The molecule has 0 aliphatic heterocycles. The summed E-state index contributed by atoms with van der Waals surface area (Å²) in [5.74, 6) is 0.319. The normalized spacial score (nSPS) is 12.1. The Morgan fingerprint density at radius 3 is 2.78 bits per heavy atom. The van der Waals surface area contributed by atoms with Crippen LogP contribution in [-0.4, -0.2) is 44.2 Å². The summed E-state index contributed by atoms with van der Waals surface area (Å²) in [7, 11) is 1.77. The zero-order chi connectivity index (χ0) is 19.4. The SMILES string of the molecule is CC(c1ccccc1)N(OCCOc1nc(Cl)cc2cnn(C)c12)C(=O)O. The number of aryl methyl sites for hydroxylation is 1. The van der Waals surface area contributed by atoms with E-state index in [2.05, 4.69) is 10.1 Å². The van der Waals surface area contributed by atoms with Crippen molar-refractivity contribution in [1.29, 1.82) is 0 Å². The van der Waals surface area contributed by atoms with Crippen LogP contribution in [-0.2, 0) is 11.9 Å². The molecular weight excluding hydrogens is 372 g/mol. The summed E-state index contributed by atoms with van der Waals surface area (Å²) >= 11 is 6.00. The Kier molecular flexibility index (Phi) is 5.78. The number of pyridine rings is 1. The lowest BCUT2D eigenvalue weighted by Gasteiger charge is -2.25. The molecule has 27 heavy (non-hydrogen) atoms. The fraction of sp³-hybridized carbons (Fsp3) is 0.278. The number of amides is 1. The first kappa shape index (κ1) is 18.9. The molecule has 3 rings (SSSR count). The highest BCUT2D eigenvalue weighted by Gasteiger charge is 2.22. The molecule has 9 heteroatoms. The standard InChI is InChI=1S/C18H19ClN4O4/c1-12(13-6-4-3-5-7-13)23(18(24)25)27-9-8-26-17-16-14(10-15(19)21-17)11-20-22(16)2/h3-7,10-12H,8-9H2,1-2H3,(H,24,25). The molecule has 0 spiro atoms. The second-order valence-corrected chi connectivity index (χ2v) is 6.22. The van der Waals surface area contributed by atoms with E-state index in [1.165, 1.54) is 0 Å². The van der Waals surface area contributed by atoms with Crippen LogP contribution in [0.1, 0.15) is 18.5 Å². The van der Waals surface area contributed by atoms with Gasteiger partial charge >= 0.3 is 6.09 Å². The second kappa shape index (κ2) is 8.24. The van der Waals surface area contributed by atoms with Gasteiger partial charge in [-0.2, -0.15) is 15.1 Å². The first-order valence-corrected chi connectivity index (χ1v) is 8.66. The molecule has 1 amide bonds. The number of carboxylic acid groups (broad SMARTS) is 1. The van der Waals surface area contributed by atoms with Crippen molar-refractivity contribution >= 4 is 28.6 Å². The van der Waals surface area contributed by atoms with Crippen molar-refractivity contribution in [3.05, 3.63) is 53.3 Å². The van der Waals surface area contributed by atoms with Crippen molar-refractivity contribution in [1.82, 2.24) is 19.8 Å². The number of benzene rings is 1. The van der Waals surface area contributed by atoms with E-state index >= 15 is 0 Å². The van der Waals surface area contributed by atoms with Gasteiger partial charge in [-0.25, -0.2) is 4.79 Å². The van der Waals surface area contributed by atoms with Gasteiger partial charge in [-0.05, 0) is 18.6 Å². The minimum absolute atomic E-state index is 0.0248. The maximum absolute atomic E-state index is 11.5. The van der Waals surface area contributed by atoms with Gasteiger partial charge in [0.2, 0.25) is 5.88 Å². The Hall–Kier alpha value is -2.84. The van der Waals surface area contributed by atoms with Crippen molar-refractivity contribution < 1.29 is 19.5 Å². The summed E-state index contributed by atoms with van der Waals surface area (Å²) in [4.78, 5) is 21.1. The van der Waals surface area contributed by atoms with E-state index in [1.54, 1.807) is 30.9 Å². The van der Waals surface area contributed by atoms with Crippen LogP contribution < -0.4 is 4.74 Å². The largest absolute Gasteiger partial charge is 0.474 e. The second-order valence-electron chi connectivity index (χ2n) is 5.83. The number of nitrogens with zero attached hydrogens (tertiary/aromatic N) is 4. The van der Waals surface area contributed by atoms with E-state index < -0.39 is 12.1 Å². The summed E-state index contributed by atoms with van der Waals surface area (Å²) in [6.07, 6.45) is 0.487. The molecule has 0 radical (unpaired) electrons. The summed E-state index contributed by atoms with van der Waals surface area (Å²) < 4.78 is 7.29. The Bertz CT molecular complexity index is 932. The third kappa shape index (κ3) is 4.29. The van der Waals surface area contributed by atoms with Crippen molar-refractivity contribution in [3.8, 4) is 5.88 Å². The molecule has 1 unspecified atom stereocenters. The first-order valence-electron chi connectivity index (χ1n) is 8.28. The highest BCUT2D eigenvalue weighted by Crippen LogP contribution is 2.26. The number of hydrogen-bond acceptors (Lipinski definition) is 5. The fourth-order valence-corrected chi connectivity index (χ4v) is 2.90. The summed E-state index contributed by atoms with van der Waals surface area (Å²) in [5.41, 5.74) is 1.53. The average molecular weight is 391 g/mol. The third-order valence-electron chi connectivity index (χ3n) is 4.03. The number of ether oxygens (including phenoxy) is 1. The van der Waals surface area contributed by atoms with E-state index in [-0.39, 0.29) is 18.4 Å². The number of carbonyl (C=O) groups is 1. The molecule has 142 valence electrons. The highest BCUT2D eigenvalue weighted by molar-refractivity contribution is 6.30. The number of halogens is 1. The number of hydroxylamine groups is 2. The van der Waals surface area contributed by atoms with E-state index in [1.807, 2.05) is 30.3 Å². The van der Waals surface area contributed by atoms with E-state index in [0.29, 0.717) is 11.4 Å². The Morgan fingerprint density at radius 1 is 1.33 bits per heavy atom. The van der Waals surface area contributed by atoms with Crippen molar-refractivity contribution in [2.75, 3.05) is 13.2 Å². The lowest BCUT2D eigenvalue weighted by molar-refractivity contribution is -0.159. The molecule has 0 aliphatic carbocycles. The van der Waals surface area contributed by atoms with E-state index in [9.17, 15) is 9.90 Å². The zero-order valence-electron chi connectivity index (χ0n) is 14.9. The molecule has 8 nitrogen and oxygen atoms in total. The van der Waals surface area contributed by atoms with Gasteiger partial charge in [0.05, 0.1) is 12.2 Å². The molecule has 0 saturated heterocycles. The van der Waals surface area contributed by atoms with Gasteiger partial charge in [-0.15, -0.1) is 0 Å². The summed E-state index contributed by atoms with van der Waals surface area (Å²) in [5, 5.41) is 15.6. The summed E-state index contributed by atoms with van der Waals surface area (Å²) in [6, 6.07) is 10.5. The van der Waals surface area contributed by atoms with Crippen LogP contribution in [0.25, 0.3) is 10.9 Å². The number of aromatic nitrogens is 3. The third-order valence-corrected chi connectivity index (χ3v) is 4.22. The molecule has 0 saturated carbocycles. The fourth-order valence-electron chi connectivity index (χ4n) is 2.71. The maximum Gasteiger partial charge on any atom is 0.432 e. The van der Waals surface area contributed by atoms with Gasteiger partial charge in [0, 0.05) is 12.4 Å². The van der Waals surface area contributed by atoms with Crippen LogP contribution in [0.4, 0.5) is 4.79 Å². The van der Waals surface area contributed by atoms with Crippen LogP contribution in [0, 0.1) is 0 Å². The molecule has 1 N–H and O–H groups in total. The Morgan fingerprint density at radius 2 is 2.07 bits per heavy atom. The predicted molar refractivity (Wildman–Crippen MR) is 99.7 cm³/mol. The molecule has 2 aromatic heterocycles. The molecule has 3 aromatic rings. The number of rotatable bonds is 7. The molecule has 0 fully saturated rings. The van der Waals surface area contributed by atoms with Crippen LogP contribution in [0.3, 0.4) is 0 Å². The molecule has 0 bridgehead atoms. The average Bonchev–Trinajstić information content (AvgIpc) is 3.02. The number of hydrogen-bond donors (Lipinski definition) is 1. The van der Waals surface area contributed by atoms with Gasteiger partial charge in [0.15, 0.2) is 0 Å². The van der Waals surface area contributed by atoms with Gasteiger partial charge in [0.1, 0.15) is 23.9 Å². The molecule has 2 heterocycles. The Balaban J connectivity index is 1.63. The van der Waals surface area contributed by atoms with Gasteiger partial charge in [0.25, 0.3) is 0 Å². The monoisotopic (exact) mass is 390 g/mol.